The Balaban J connectivity index is 2.28. The van der Waals surface area contributed by atoms with Crippen molar-refractivity contribution in [2.45, 2.75) is 38.8 Å². The summed E-state index contributed by atoms with van der Waals surface area (Å²) in [5.74, 6) is 0.548. The highest BCUT2D eigenvalue weighted by Gasteiger charge is 2.12. The first kappa shape index (κ1) is 14.9. The molecule has 2 N–H and O–H groups in total. The van der Waals surface area contributed by atoms with Crippen LogP contribution in [0.25, 0.3) is 0 Å². The van der Waals surface area contributed by atoms with Crippen molar-refractivity contribution in [1.29, 1.82) is 0 Å². The van der Waals surface area contributed by atoms with Gasteiger partial charge in [-0.15, -0.1) is 6.58 Å². The van der Waals surface area contributed by atoms with Crippen molar-refractivity contribution in [3.63, 3.8) is 0 Å². The summed E-state index contributed by atoms with van der Waals surface area (Å²) in [5.41, 5.74) is 1.18. The maximum absolute atomic E-state index is 9.98. The Morgan fingerprint density at radius 1 is 1.28 bits per heavy atom. The van der Waals surface area contributed by atoms with Crippen LogP contribution in [0.3, 0.4) is 0 Å². The molecule has 3 unspecified atom stereocenters. The first-order valence-electron chi connectivity index (χ1n) is 6.69. The number of rotatable bonds is 8. The fourth-order valence-corrected chi connectivity index (χ4v) is 1.95. The van der Waals surface area contributed by atoms with Crippen LogP contribution in [-0.2, 0) is 6.42 Å². The van der Waals surface area contributed by atoms with E-state index in [0.29, 0.717) is 24.9 Å². The Hall–Kier alpha value is -1.12. The standard InChI is InChI=1S/C16H25NO/c1-4-8-13(2)14(3)17-12-16(18)11-15-9-6-5-7-10-15/h4-7,9-10,13-14,16-18H,1,8,11-12H2,2-3H3. The van der Waals surface area contributed by atoms with E-state index in [1.54, 1.807) is 0 Å². The van der Waals surface area contributed by atoms with E-state index >= 15 is 0 Å². The summed E-state index contributed by atoms with van der Waals surface area (Å²) in [7, 11) is 0. The molecule has 0 aliphatic carbocycles. The van der Waals surface area contributed by atoms with Crippen LogP contribution < -0.4 is 5.32 Å². The summed E-state index contributed by atoms with van der Waals surface area (Å²) in [5, 5.41) is 13.4. The average Bonchev–Trinajstić information content (AvgIpc) is 2.37. The fourth-order valence-electron chi connectivity index (χ4n) is 1.95. The maximum atomic E-state index is 9.98. The van der Waals surface area contributed by atoms with Crippen molar-refractivity contribution >= 4 is 0 Å². The van der Waals surface area contributed by atoms with Gasteiger partial charge in [-0.25, -0.2) is 0 Å². The Kier molecular flexibility index (Phi) is 6.69. The lowest BCUT2D eigenvalue weighted by Gasteiger charge is -2.22. The number of allylic oxidation sites excluding steroid dienone is 1. The zero-order valence-electron chi connectivity index (χ0n) is 11.5. The van der Waals surface area contributed by atoms with E-state index in [2.05, 4.69) is 25.7 Å². The van der Waals surface area contributed by atoms with Gasteiger partial charge in [-0.1, -0.05) is 43.3 Å². The molecule has 0 bridgehead atoms. The molecule has 0 aliphatic rings. The lowest BCUT2D eigenvalue weighted by molar-refractivity contribution is 0.164. The van der Waals surface area contributed by atoms with E-state index in [9.17, 15) is 5.11 Å². The zero-order chi connectivity index (χ0) is 13.4. The largest absolute Gasteiger partial charge is 0.391 e. The van der Waals surface area contributed by atoms with Crippen molar-refractivity contribution in [2.75, 3.05) is 6.54 Å². The Morgan fingerprint density at radius 2 is 1.94 bits per heavy atom. The third-order valence-electron chi connectivity index (χ3n) is 3.38. The summed E-state index contributed by atoms with van der Waals surface area (Å²) >= 11 is 0. The Morgan fingerprint density at radius 3 is 2.56 bits per heavy atom. The van der Waals surface area contributed by atoms with Crippen LogP contribution in [0.15, 0.2) is 43.0 Å². The fraction of sp³-hybridized carbons (Fsp3) is 0.500. The predicted molar refractivity (Wildman–Crippen MR) is 77.6 cm³/mol. The van der Waals surface area contributed by atoms with Crippen LogP contribution in [0.2, 0.25) is 0 Å². The van der Waals surface area contributed by atoms with Gasteiger partial charge in [-0.3, -0.25) is 0 Å². The molecule has 0 saturated carbocycles. The SMILES string of the molecule is C=CCC(C)C(C)NCC(O)Cc1ccccc1. The number of benzene rings is 1. The second-order valence-corrected chi connectivity index (χ2v) is 5.04. The Bertz CT molecular complexity index is 336. The number of hydrogen-bond donors (Lipinski definition) is 2. The molecule has 18 heavy (non-hydrogen) atoms. The second kappa shape index (κ2) is 8.06. The van der Waals surface area contributed by atoms with Gasteiger partial charge in [0.15, 0.2) is 0 Å². The van der Waals surface area contributed by atoms with E-state index in [1.165, 1.54) is 5.56 Å². The van der Waals surface area contributed by atoms with Gasteiger partial charge in [-0.2, -0.15) is 0 Å². The first-order chi connectivity index (χ1) is 8.63. The van der Waals surface area contributed by atoms with Gasteiger partial charge in [0, 0.05) is 12.6 Å². The highest BCUT2D eigenvalue weighted by atomic mass is 16.3. The second-order valence-electron chi connectivity index (χ2n) is 5.04. The van der Waals surface area contributed by atoms with Crippen molar-refractivity contribution in [3.05, 3.63) is 48.6 Å². The molecular formula is C16H25NO. The lowest BCUT2D eigenvalue weighted by Crippen LogP contribution is -2.38. The van der Waals surface area contributed by atoms with Crippen molar-refractivity contribution in [1.82, 2.24) is 5.32 Å². The zero-order valence-corrected chi connectivity index (χ0v) is 11.5. The highest BCUT2D eigenvalue weighted by Crippen LogP contribution is 2.08. The number of aliphatic hydroxyl groups excluding tert-OH is 1. The van der Waals surface area contributed by atoms with Crippen LogP contribution in [0.4, 0.5) is 0 Å². The molecule has 0 spiro atoms. The van der Waals surface area contributed by atoms with Crippen LogP contribution in [-0.4, -0.2) is 23.8 Å². The van der Waals surface area contributed by atoms with Gasteiger partial charge in [-0.05, 0) is 31.2 Å². The van der Waals surface area contributed by atoms with Gasteiger partial charge in [0.05, 0.1) is 6.10 Å². The van der Waals surface area contributed by atoms with Crippen LogP contribution >= 0.6 is 0 Å². The van der Waals surface area contributed by atoms with Gasteiger partial charge < -0.3 is 10.4 Å². The minimum absolute atomic E-state index is 0.328. The molecule has 1 rings (SSSR count). The molecule has 0 aliphatic heterocycles. The molecule has 0 amide bonds. The predicted octanol–water partition coefficient (Wildman–Crippen LogP) is 2.78. The third kappa shape index (κ3) is 5.48. The monoisotopic (exact) mass is 247 g/mol. The molecule has 2 nitrogen and oxygen atoms in total. The summed E-state index contributed by atoms with van der Waals surface area (Å²) in [4.78, 5) is 0. The molecule has 0 saturated heterocycles. The number of nitrogens with one attached hydrogen (secondary N) is 1. The van der Waals surface area contributed by atoms with Gasteiger partial charge >= 0.3 is 0 Å². The molecule has 3 atom stereocenters. The van der Waals surface area contributed by atoms with E-state index in [0.717, 1.165) is 6.42 Å². The van der Waals surface area contributed by atoms with Gasteiger partial charge in [0.2, 0.25) is 0 Å². The van der Waals surface area contributed by atoms with E-state index in [4.69, 9.17) is 0 Å². The molecule has 1 aromatic carbocycles. The smallest absolute Gasteiger partial charge is 0.0704 e. The van der Waals surface area contributed by atoms with E-state index in [-0.39, 0.29) is 6.10 Å². The van der Waals surface area contributed by atoms with Crippen molar-refractivity contribution in [2.24, 2.45) is 5.92 Å². The quantitative estimate of drug-likeness (QED) is 0.692. The van der Waals surface area contributed by atoms with Crippen LogP contribution in [0, 0.1) is 5.92 Å². The summed E-state index contributed by atoms with van der Waals surface area (Å²) in [6.45, 7) is 8.75. The molecule has 0 aromatic heterocycles. The molecule has 2 heteroatoms. The summed E-state index contributed by atoms with van der Waals surface area (Å²) in [6, 6.07) is 10.5. The summed E-state index contributed by atoms with van der Waals surface area (Å²) < 4.78 is 0. The minimum atomic E-state index is -0.328. The van der Waals surface area contributed by atoms with Gasteiger partial charge in [0.25, 0.3) is 0 Å². The maximum Gasteiger partial charge on any atom is 0.0704 e. The lowest BCUT2D eigenvalue weighted by atomic mass is 9.99. The minimum Gasteiger partial charge on any atom is -0.391 e. The van der Waals surface area contributed by atoms with Crippen molar-refractivity contribution < 1.29 is 5.11 Å². The van der Waals surface area contributed by atoms with E-state index in [1.807, 2.05) is 36.4 Å². The summed E-state index contributed by atoms with van der Waals surface area (Å²) in [6.07, 6.45) is 3.33. The molecule has 0 fully saturated rings. The topological polar surface area (TPSA) is 32.3 Å². The van der Waals surface area contributed by atoms with Crippen LogP contribution in [0.1, 0.15) is 25.8 Å². The van der Waals surface area contributed by atoms with Crippen molar-refractivity contribution in [3.8, 4) is 0 Å². The number of hydrogen-bond acceptors (Lipinski definition) is 2. The van der Waals surface area contributed by atoms with E-state index < -0.39 is 0 Å². The molecule has 1 aromatic rings. The first-order valence-corrected chi connectivity index (χ1v) is 6.69. The highest BCUT2D eigenvalue weighted by molar-refractivity contribution is 5.15. The molecule has 0 radical (unpaired) electrons. The normalized spacial score (nSPS) is 15.9. The number of aliphatic hydroxyl groups is 1. The third-order valence-corrected chi connectivity index (χ3v) is 3.38. The molecular weight excluding hydrogens is 222 g/mol. The average molecular weight is 247 g/mol. The van der Waals surface area contributed by atoms with Crippen LogP contribution in [0.5, 0.6) is 0 Å². The molecule has 0 heterocycles. The molecule has 100 valence electrons. The Labute approximate surface area is 111 Å². The van der Waals surface area contributed by atoms with Gasteiger partial charge in [0.1, 0.15) is 0 Å².